The first-order chi connectivity index (χ1) is 6.13. The van der Waals surface area contributed by atoms with Gasteiger partial charge >= 0.3 is 0 Å². The van der Waals surface area contributed by atoms with Crippen LogP contribution in [-0.2, 0) is 0 Å². The third-order valence-electron chi connectivity index (χ3n) is 1.56. The Balaban J connectivity index is 2.73. The first kappa shape index (κ1) is 9.92. The molecule has 2 N–H and O–H groups in total. The van der Waals surface area contributed by atoms with Crippen LogP contribution in [0.4, 0.5) is 8.78 Å². The molecule has 72 valence electrons. The van der Waals surface area contributed by atoms with E-state index in [-0.39, 0.29) is 11.9 Å². The van der Waals surface area contributed by atoms with E-state index in [4.69, 9.17) is 10.5 Å². The Kier molecular flexibility index (Phi) is 3.19. The van der Waals surface area contributed by atoms with E-state index >= 15 is 0 Å². The predicted molar refractivity (Wildman–Crippen MR) is 45.5 cm³/mol. The second-order valence-electron chi connectivity index (χ2n) is 2.74. The van der Waals surface area contributed by atoms with E-state index in [9.17, 15) is 8.78 Å². The highest BCUT2D eigenvalue weighted by Crippen LogP contribution is 2.16. The molecule has 0 amide bonds. The van der Waals surface area contributed by atoms with Crippen LogP contribution in [0.1, 0.15) is 6.92 Å². The first-order valence-corrected chi connectivity index (χ1v) is 3.95. The lowest BCUT2D eigenvalue weighted by molar-refractivity contribution is 0.228. The zero-order valence-corrected chi connectivity index (χ0v) is 7.26. The van der Waals surface area contributed by atoms with Crippen molar-refractivity contribution >= 4 is 0 Å². The van der Waals surface area contributed by atoms with Crippen molar-refractivity contribution in [1.29, 1.82) is 0 Å². The smallest absolute Gasteiger partial charge is 0.162 e. The van der Waals surface area contributed by atoms with Crippen molar-refractivity contribution in [2.45, 2.75) is 13.0 Å². The van der Waals surface area contributed by atoms with Crippen molar-refractivity contribution < 1.29 is 13.5 Å². The monoisotopic (exact) mass is 187 g/mol. The lowest BCUT2D eigenvalue weighted by Gasteiger charge is -2.11. The van der Waals surface area contributed by atoms with E-state index < -0.39 is 11.6 Å². The predicted octanol–water partition coefficient (Wildman–Crippen LogP) is 1.69. The minimum Gasteiger partial charge on any atom is -0.489 e. The van der Waals surface area contributed by atoms with Crippen molar-refractivity contribution in [3.05, 3.63) is 29.8 Å². The molecule has 1 atom stereocenters. The standard InChI is InChI=1S/C9H11F2NO/c1-6(5-12)13-7-2-3-8(10)9(11)4-7/h2-4,6H,5,12H2,1H3/t6-/m0/s1. The Morgan fingerprint density at radius 1 is 1.38 bits per heavy atom. The Bertz CT molecular complexity index is 291. The van der Waals surface area contributed by atoms with E-state index in [0.717, 1.165) is 12.1 Å². The van der Waals surface area contributed by atoms with Gasteiger partial charge in [-0.15, -0.1) is 0 Å². The molecule has 0 spiro atoms. The van der Waals surface area contributed by atoms with Gasteiger partial charge in [0.15, 0.2) is 11.6 Å². The highest BCUT2D eigenvalue weighted by atomic mass is 19.2. The van der Waals surface area contributed by atoms with Gasteiger partial charge in [0, 0.05) is 12.6 Å². The molecule has 2 nitrogen and oxygen atoms in total. The summed E-state index contributed by atoms with van der Waals surface area (Å²) in [5.41, 5.74) is 5.30. The minimum absolute atomic E-state index is 0.204. The maximum Gasteiger partial charge on any atom is 0.162 e. The molecule has 0 aromatic heterocycles. The molecule has 0 radical (unpaired) electrons. The fraction of sp³-hybridized carbons (Fsp3) is 0.333. The molecule has 1 rings (SSSR count). The van der Waals surface area contributed by atoms with Gasteiger partial charge in [-0.2, -0.15) is 0 Å². The van der Waals surface area contributed by atoms with Gasteiger partial charge in [-0.1, -0.05) is 0 Å². The van der Waals surface area contributed by atoms with Crippen molar-refractivity contribution in [2.24, 2.45) is 5.73 Å². The average Bonchev–Trinajstić information content (AvgIpc) is 2.11. The quantitative estimate of drug-likeness (QED) is 0.781. The lowest BCUT2D eigenvalue weighted by Crippen LogP contribution is -2.22. The summed E-state index contributed by atoms with van der Waals surface area (Å²) in [6.45, 7) is 2.08. The molecule has 13 heavy (non-hydrogen) atoms. The van der Waals surface area contributed by atoms with Gasteiger partial charge in [0.2, 0.25) is 0 Å². The Morgan fingerprint density at radius 3 is 2.62 bits per heavy atom. The third-order valence-corrected chi connectivity index (χ3v) is 1.56. The van der Waals surface area contributed by atoms with Gasteiger partial charge in [-0.25, -0.2) is 8.78 Å². The molecule has 1 aromatic carbocycles. The maximum absolute atomic E-state index is 12.6. The van der Waals surface area contributed by atoms with E-state index in [1.165, 1.54) is 6.07 Å². The van der Waals surface area contributed by atoms with E-state index in [2.05, 4.69) is 0 Å². The van der Waals surface area contributed by atoms with Crippen LogP contribution in [0.3, 0.4) is 0 Å². The summed E-state index contributed by atoms with van der Waals surface area (Å²) in [4.78, 5) is 0. The Labute approximate surface area is 75.3 Å². The number of hydrogen-bond donors (Lipinski definition) is 1. The normalized spacial score (nSPS) is 12.6. The summed E-state index contributed by atoms with van der Waals surface area (Å²) in [6, 6.07) is 3.39. The number of halogens is 2. The van der Waals surface area contributed by atoms with Crippen LogP contribution in [-0.4, -0.2) is 12.6 Å². The second kappa shape index (κ2) is 4.18. The number of nitrogens with two attached hydrogens (primary N) is 1. The van der Waals surface area contributed by atoms with Crippen LogP contribution < -0.4 is 10.5 Å². The van der Waals surface area contributed by atoms with Crippen LogP contribution in [0.25, 0.3) is 0 Å². The van der Waals surface area contributed by atoms with Gasteiger partial charge < -0.3 is 10.5 Å². The number of rotatable bonds is 3. The highest BCUT2D eigenvalue weighted by molar-refractivity contribution is 5.23. The number of hydrogen-bond acceptors (Lipinski definition) is 2. The summed E-state index contributed by atoms with van der Waals surface area (Å²) in [6.07, 6.45) is -0.204. The lowest BCUT2D eigenvalue weighted by atomic mass is 10.3. The van der Waals surface area contributed by atoms with Gasteiger partial charge in [0.1, 0.15) is 11.9 Å². The third kappa shape index (κ3) is 2.66. The topological polar surface area (TPSA) is 35.2 Å². The summed E-state index contributed by atoms with van der Waals surface area (Å²) >= 11 is 0. The van der Waals surface area contributed by atoms with E-state index in [1.807, 2.05) is 0 Å². The van der Waals surface area contributed by atoms with Crippen molar-refractivity contribution in [2.75, 3.05) is 6.54 Å². The van der Waals surface area contributed by atoms with E-state index in [1.54, 1.807) is 6.92 Å². The molecule has 0 unspecified atom stereocenters. The molecule has 0 saturated carbocycles. The summed E-state index contributed by atoms with van der Waals surface area (Å²) in [5, 5.41) is 0. The molecule has 0 fully saturated rings. The molecule has 0 aliphatic carbocycles. The van der Waals surface area contributed by atoms with Crippen LogP contribution in [0.5, 0.6) is 5.75 Å². The van der Waals surface area contributed by atoms with Gasteiger partial charge in [0.25, 0.3) is 0 Å². The molecular formula is C9H11F2NO. The van der Waals surface area contributed by atoms with Crippen LogP contribution >= 0.6 is 0 Å². The first-order valence-electron chi connectivity index (χ1n) is 3.95. The molecule has 4 heteroatoms. The molecule has 0 aliphatic heterocycles. The largest absolute Gasteiger partial charge is 0.489 e. The van der Waals surface area contributed by atoms with Gasteiger partial charge in [-0.05, 0) is 19.1 Å². The highest BCUT2D eigenvalue weighted by Gasteiger charge is 2.05. The zero-order chi connectivity index (χ0) is 9.84. The van der Waals surface area contributed by atoms with Crippen LogP contribution in [0.15, 0.2) is 18.2 Å². The summed E-state index contributed by atoms with van der Waals surface area (Å²) in [5.74, 6) is -1.51. The molecule has 0 bridgehead atoms. The Morgan fingerprint density at radius 2 is 2.08 bits per heavy atom. The second-order valence-corrected chi connectivity index (χ2v) is 2.74. The molecule has 0 aliphatic rings. The fourth-order valence-electron chi connectivity index (χ4n) is 0.831. The van der Waals surface area contributed by atoms with Crippen molar-refractivity contribution in [3.8, 4) is 5.75 Å². The Hall–Kier alpha value is -1.16. The van der Waals surface area contributed by atoms with Gasteiger partial charge in [-0.3, -0.25) is 0 Å². The van der Waals surface area contributed by atoms with Crippen molar-refractivity contribution in [1.82, 2.24) is 0 Å². The molecule has 1 aromatic rings. The molecule has 0 heterocycles. The fourth-order valence-corrected chi connectivity index (χ4v) is 0.831. The van der Waals surface area contributed by atoms with Gasteiger partial charge in [0.05, 0.1) is 0 Å². The average molecular weight is 187 g/mol. The summed E-state index contributed by atoms with van der Waals surface area (Å²) < 4.78 is 30.3. The van der Waals surface area contributed by atoms with Crippen LogP contribution in [0, 0.1) is 11.6 Å². The minimum atomic E-state index is -0.915. The SMILES string of the molecule is C[C@@H](CN)Oc1ccc(F)c(F)c1. The number of benzene rings is 1. The van der Waals surface area contributed by atoms with E-state index in [0.29, 0.717) is 6.54 Å². The molecular weight excluding hydrogens is 176 g/mol. The number of ether oxygens (including phenoxy) is 1. The maximum atomic E-state index is 12.6. The zero-order valence-electron chi connectivity index (χ0n) is 7.26. The van der Waals surface area contributed by atoms with Crippen molar-refractivity contribution in [3.63, 3.8) is 0 Å². The summed E-state index contributed by atoms with van der Waals surface area (Å²) in [7, 11) is 0. The molecule has 0 saturated heterocycles. The van der Waals surface area contributed by atoms with Crippen LogP contribution in [0.2, 0.25) is 0 Å².